The zero-order chi connectivity index (χ0) is 10.5. The number of hydrogen-bond acceptors (Lipinski definition) is 3. The molecule has 0 saturated carbocycles. The number of imidazole rings is 1. The van der Waals surface area contributed by atoms with Crippen LogP contribution in [0, 0.1) is 0 Å². The third kappa shape index (κ3) is 2.79. The molecule has 0 atom stereocenters. The molecule has 1 saturated heterocycles. The maximum Gasteiger partial charge on any atom is 0.120 e. The second kappa shape index (κ2) is 5.28. The minimum Gasteiger partial charge on any atom is -0.381 e. The first-order valence-corrected chi connectivity index (χ1v) is 5.72. The van der Waals surface area contributed by atoms with Crippen LogP contribution in [-0.2, 0) is 11.3 Å². The van der Waals surface area contributed by atoms with Crippen LogP contribution in [0.4, 0.5) is 0 Å². The molecule has 0 amide bonds. The Morgan fingerprint density at radius 2 is 2.33 bits per heavy atom. The monoisotopic (exact) mass is 209 g/mol. The van der Waals surface area contributed by atoms with Gasteiger partial charge in [0.1, 0.15) is 5.82 Å². The second-order valence-corrected chi connectivity index (χ2v) is 3.95. The zero-order valence-corrected chi connectivity index (χ0v) is 9.25. The van der Waals surface area contributed by atoms with E-state index in [2.05, 4.69) is 22.2 Å². The van der Waals surface area contributed by atoms with Crippen molar-refractivity contribution in [3.8, 4) is 0 Å². The van der Waals surface area contributed by atoms with Crippen LogP contribution in [0.2, 0.25) is 0 Å². The standard InChI is InChI=1S/C11H19N3O/c1-2-12-8-11-13-7-10(14-11)9-3-5-15-6-4-9/h7,9,12H,2-6,8H2,1H3,(H,13,14). The van der Waals surface area contributed by atoms with Gasteiger partial charge in [-0.05, 0) is 19.4 Å². The molecular weight excluding hydrogens is 190 g/mol. The summed E-state index contributed by atoms with van der Waals surface area (Å²) in [6.45, 7) is 5.67. The molecule has 4 heteroatoms. The Morgan fingerprint density at radius 1 is 1.53 bits per heavy atom. The number of ether oxygens (including phenoxy) is 1. The minimum atomic E-state index is 0.613. The Balaban J connectivity index is 1.93. The molecule has 1 aromatic rings. The van der Waals surface area contributed by atoms with Gasteiger partial charge in [-0.1, -0.05) is 6.92 Å². The van der Waals surface area contributed by atoms with Gasteiger partial charge in [0, 0.05) is 31.0 Å². The number of nitrogens with zero attached hydrogens (tertiary/aromatic N) is 1. The Bertz CT molecular complexity index is 292. The average Bonchev–Trinajstić information content (AvgIpc) is 2.76. The van der Waals surface area contributed by atoms with E-state index in [4.69, 9.17) is 4.74 Å². The highest BCUT2D eigenvalue weighted by Gasteiger charge is 2.17. The van der Waals surface area contributed by atoms with Crippen LogP contribution in [0.1, 0.15) is 37.2 Å². The average molecular weight is 209 g/mol. The normalized spacial score (nSPS) is 18.2. The third-order valence-corrected chi connectivity index (χ3v) is 2.85. The van der Waals surface area contributed by atoms with Crippen molar-refractivity contribution in [2.75, 3.05) is 19.8 Å². The van der Waals surface area contributed by atoms with Crippen molar-refractivity contribution < 1.29 is 4.74 Å². The van der Waals surface area contributed by atoms with E-state index < -0.39 is 0 Å². The van der Waals surface area contributed by atoms with Gasteiger partial charge in [0.05, 0.1) is 6.54 Å². The molecule has 1 fully saturated rings. The van der Waals surface area contributed by atoms with Crippen molar-refractivity contribution in [1.82, 2.24) is 15.3 Å². The smallest absolute Gasteiger partial charge is 0.120 e. The number of rotatable bonds is 4. The highest BCUT2D eigenvalue weighted by atomic mass is 16.5. The van der Waals surface area contributed by atoms with E-state index in [9.17, 15) is 0 Å². The molecule has 2 rings (SSSR count). The van der Waals surface area contributed by atoms with Gasteiger partial charge in [0.25, 0.3) is 0 Å². The Hall–Kier alpha value is -0.870. The summed E-state index contributed by atoms with van der Waals surface area (Å²) >= 11 is 0. The molecule has 15 heavy (non-hydrogen) atoms. The first-order valence-electron chi connectivity index (χ1n) is 5.72. The fourth-order valence-corrected chi connectivity index (χ4v) is 1.93. The number of aromatic nitrogens is 2. The molecule has 1 aromatic heterocycles. The van der Waals surface area contributed by atoms with Crippen molar-refractivity contribution in [3.05, 3.63) is 17.7 Å². The summed E-state index contributed by atoms with van der Waals surface area (Å²) in [6, 6.07) is 0. The molecule has 2 heterocycles. The summed E-state index contributed by atoms with van der Waals surface area (Å²) < 4.78 is 5.35. The molecule has 4 nitrogen and oxygen atoms in total. The lowest BCUT2D eigenvalue weighted by Crippen LogP contribution is -2.15. The van der Waals surface area contributed by atoms with Gasteiger partial charge in [-0.25, -0.2) is 4.98 Å². The van der Waals surface area contributed by atoms with E-state index in [1.54, 1.807) is 0 Å². The van der Waals surface area contributed by atoms with Crippen LogP contribution in [0.3, 0.4) is 0 Å². The Kier molecular flexibility index (Phi) is 3.75. The van der Waals surface area contributed by atoms with Gasteiger partial charge in [-0.3, -0.25) is 0 Å². The first kappa shape index (κ1) is 10.6. The topological polar surface area (TPSA) is 49.9 Å². The molecule has 0 radical (unpaired) electrons. The van der Waals surface area contributed by atoms with Crippen LogP contribution in [0.5, 0.6) is 0 Å². The molecule has 1 aliphatic rings. The summed E-state index contributed by atoms with van der Waals surface area (Å²) in [5, 5.41) is 3.26. The summed E-state index contributed by atoms with van der Waals surface area (Å²) in [5.74, 6) is 1.65. The van der Waals surface area contributed by atoms with Gasteiger partial charge in [0.2, 0.25) is 0 Å². The van der Waals surface area contributed by atoms with Crippen LogP contribution < -0.4 is 5.32 Å². The molecule has 84 valence electrons. The molecule has 0 spiro atoms. The predicted molar refractivity (Wildman–Crippen MR) is 58.8 cm³/mol. The summed E-state index contributed by atoms with van der Waals surface area (Å²) in [7, 11) is 0. The lowest BCUT2D eigenvalue weighted by Gasteiger charge is -2.20. The van der Waals surface area contributed by atoms with E-state index in [-0.39, 0.29) is 0 Å². The van der Waals surface area contributed by atoms with Crippen molar-refractivity contribution in [1.29, 1.82) is 0 Å². The Labute approximate surface area is 90.4 Å². The first-order chi connectivity index (χ1) is 7.40. The van der Waals surface area contributed by atoms with E-state index >= 15 is 0 Å². The van der Waals surface area contributed by atoms with E-state index in [0.29, 0.717) is 5.92 Å². The largest absolute Gasteiger partial charge is 0.381 e. The molecular formula is C11H19N3O. The molecule has 0 aliphatic carbocycles. The summed E-state index contributed by atoms with van der Waals surface area (Å²) in [6.07, 6.45) is 4.20. The lowest BCUT2D eigenvalue weighted by atomic mass is 9.97. The highest BCUT2D eigenvalue weighted by molar-refractivity contribution is 5.08. The number of nitrogens with one attached hydrogen (secondary N) is 2. The SMILES string of the molecule is CCNCc1ncc(C2CCOCC2)[nH]1. The lowest BCUT2D eigenvalue weighted by molar-refractivity contribution is 0.0845. The maximum absolute atomic E-state index is 5.35. The number of aromatic amines is 1. The molecule has 0 aromatic carbocycles. The van der Waals surface area contributed by atoms with Gasteiger partial charge in [-0.15, -0.1) is 0 Å². The zero-order valence-electron chi connectivity index (χ0n) is 9.25. The van der Waals surface area contributed by atoms with Gasteiger partial charge in [0.15, 0.2) is 0 Å². The molecule has 1 aliphatic heterocycles. The maximum atomic E-state index is 5.35. The summed E-state index contributed by atoms with van der Waals surface area (Å²) in [5.41, 5.74) is 1.27. The minimum absolute atomic E-state index is 0.613. The van der Waals surface area contributed by atoms with Crippen LogP contribution in [0.15, 0.2) is 6.20 Å². The highest BCUT2D eigenvalue weighted by Crippen LogP contribution is 2.25. The molecule has 2 N–H and O–H groups in total. The Morgan fingerprint density at radius 3 is 3.07 bits per heavy atom. The van der Waals surface area contributed by atoms with Crippen LogP contribution in [-0.4, -0.2) is 29.7 Å². The second-order valence-electron chi connectivity index (χ2n) is 3.95. The fourth-order valence-electron chi connectivity index (χ4n) is 1.93. The van der Waals surface area contributed by atoms with Gasteiger partial charge >= 0.3 is 0 Å². The van der Waals surface area contributed by atoms with E-state index in [1.807, 2.05) is 6.20 Å². The van der Waals surface area contributed by atoms with Crippen molar-refractivity contribution in [2.24, 2.45) is 0 Å². The predicted octanol–water partition coefficient (Wildman–Crippen LogP) is 1.41. The van der Waals surface area contributed by atoms with E-state index in [1.165, 1.54) is 5.69 Å². The fraction of sp³-hybridized carbons (Fsp3) is 0.727. The van der Waals surface area contributed by atoms with Crippen molar-refractivity contribution in [3.63, 3.8) is 0 Å². The number of H-pyrrole nitrogens is 1. The van der Waals surface area contributed by atoms with Crippen molar-refractivity contribution in [2.45, 2.75) is 32.2 Å². The summed E-state index contributed by atoms with van der Waals surface area (Å²) in [4.78, 5) is 7.76. The van der Waals surface area contributed by atoms with Crippen molar-refractivity contribution >= 4 is 0 Å². The molecule has 0 unspecified atom stereocenters. The third-order valence-electron chi connectivity index (χ3n) is 2.85. The quantitative estimate of drug-likeness (QED) is 0.788. The van der Waals surface area contributed by atoms with E-state index in [0.717, 1.165) is 45.0 Å². The van der Waals surface area contributed by atoms with Gasteiger partial charge in [-0.2, -0.15) is 0 Å². The van der Waals surface area contributed by atoms with Crippen LogP contribution in [0.25, 0.3) is 0 Å². The molecule has 0 bridgehead atoms. The van der Waals surface area contributed by atoms with Crippen LogP contribution >= 0.6 is 0 Å². The van der Waals surface area contributed by atoms with Gasteiger partial charge < -0.3 is 15.0 Å². The number of hydrogen-bond donors (Lipinski definition) is 2.